The zero-order valence-electron chi connectivity index (χ0n) is 17.3. The van der Waals surface area contributed by atoms with Crippen LogP contribution in [0.1, 0.15) is 61.5 Å². The number of fused-ring (bicyclic) bond motifs is 1. The molecule has 2 heterocycles. The summed E-state index contributed by atoms with van der Waals surface area (Å²) >= 11 is 0. The van der Waals surface area contributed by atoms with Crippen LogP contribution in [0.25, 0.3) is 10.9 Å². The third-order valence-electron chi connectivity index (χ3n) is 6.64. The van der Waals surface area contributed by atoms with E-state index in [9.17, 15) is 9.59 Å². The topological polar surface area (TPSA) is 54.3 Å². The van der Waals surface area contributed by atoms with E-state index in [1.165, 1.54) is 18.4 Å². The van der Waals surface area contributed by atoms with Crippen LogP contribution in [0.5, 0.6) is 0 Å². The predicted molar refractivity (Wildman–Crippen MR) is 111 cm³/mol. The van der Waals surface area contributed by atoms with Crippen LogP contribution in [0.4, 0.5) is 0 Å². The largest absolute Gasteiger partial charge is 0.353 e. The molecule has 5 heteroatoms. The molecule has 1 saturated carbocycles. The maximum absolute atomic E-state index is 13.3. The van der Waals surface area contributed by atoms with Gasteiger partial charge in [0.2, 0.25) is 5.91 Å². The van der Waals surface area contributed by atoms with E-state index in [1.54, 1.807) is 0 Å². The zero-order chi connectivity index (χ0) is 19.9. The summed E-state index contributed by atoms with van der Waals surface area (Å²) < 4.78 is 1.97. The highest BCUT2D eigenvalue weighted by Gasteiger charge is 2.40. The van der Waals surface area contributed by atoms with Crippen molar-refractivity contribution in [1.29, 1.82) is 0 Å². The molecule has 1 saturated heterocycles. The summed E-state index contributed by atoms with van der Waals surface area (Å²) in [4.78, 5) is 28.1. The molecule has 4 rings (SSSR count). The standard InChI is InChI=1S/C23H31N3O2/c1-16-9-10-19-17(13-16)14-20(25(19)3)21(27)26-12-6-11-23(2,15-26)22(28)24-18-7-4-5-8-18/h9-10,13-14,18H,4-8,11-12,15H2,1-3H3,(H,24,28). The monoisotopic (exact) mass is 381 g/mol. The lowest BCUT2D eigenvalue weighted by atomic mass is 9.80. The first-order valence-electron chi connectivity index (χ1n) is 10.5. The van der Waals surface area contributed by atoms with Gasteiger partial charge in [-0.15, -0.1) is 0 Å². The van der Waals surface area contributed by atoms with Crippen molar-refractivity contribution in [1.82, 2.24) is 14.8 Å². The molecule has 1 aliphatic heterocycles. The van der Waals surface area contributed by atoms with Gasteiger partial charge in [-0.1, -0.05) is 24.5 Å². The molecule has 150 valence electrons. The Labute approximate surface area is 167 Å². The molecule has 1 N–H and O–H groups in total. The van der Waals surface area contributed by atoms with Crippen molar-refractivity contribution in [3.8, 4) is 0 Å². The quantitative estimate of drug-likeness (QED) is 0.879. The van der Waals surface area contributed by atoms with Gasteiger partial charge in [0.1, 0.15) is 5.69 Å². The van der Waals surface area contributed by atoms with Crippen LogP contribution >= 0.6 is 0 Å². The van der Waals surface area contributed by atoms with Crippen LogP contribution < -0.4 is 5.32 Å². The van der Waals surface area contributed by atoms with Gasteiger partial charge in [-0.05, 0) is 57.7 Å². The Bertz CT molecular complexity index is 910. The van der Waals surface area contributed by atoms with Crippen LogP contribution in [0, 0.1) is 12.3 Å². The molecule has 5 nitrogen and oxygen atoms in total. The minimum absolute atomic E-state index is 0.0240. The fourth-order valence-corrected chi connectivity index (χ4v) is 4.86. The first-order chi connectivity index (χ1) is 13.4. The van der Waals surface area contributed by atoms with E-state index < -0.39 is 5.41 Å². The summed E-state index contributed by atoms with van der Waals surface area (Å²) in [5.41, 5.74) is 2.44. The van der Waals surface area contributed by atoms with Gasteiger partial charge in [-0.25, -0.2) is 0 Å². The number of aromatic nitrogens is 1. The molecule has 1 aromatic carbocycles. The zero-order valence-corrected chi connectivity index (χ0v) is 17.3. The van der Waals surface area contributed by atoms with Gasteiger partial charge in [0, 0.05) is 37.1 Å². The van der Waals surface area contributed by atoms with E-state index in [4.69, 9.17) is 0 Å². The molecule has 0 spiro atoms. The fraction of sp³-hybridized carbons (Fsp3) is 0.565. The van der Waals surface area contributed by atoms with Gasteiger partial charge in [0.05, 0.1) is 5.41 Å². The number of carbonyl (C=O) groups excluding carboxylic acids is 2. The first kappa shape index (κ1) is 19.0. The highest BCUT2D eigenvalue weighted by atomic mass is 16.2. The first-order valence-corrected chi connectivity index (χ1v) is 10.5. The molecule has 2 aliphatic rings. The number of nitrogens with one attached hydrogen (secondary N) is 1. The van der Waals surface area contributed by atoms with Crippen LogP contribution in [-0.4, -0.2) is 40.4 Å². The molecule has 1 aromatic heterocycles. The van der Waals surface area contributed by atoms with Gasteiger partial charge in [0.25, 0.3) is 5.91 Å². The van der Waals surface area contributed by atoms with Crippen molar-refractivity contribution < 1.29 is 9.59 Å². The van der Waals surface area contributed by atoms with E-state index in [-0.39, 0.29) is 11.8 Å². The number of likely N-dealkylation sites (tertiary alicyclic amines) is 1. The van der Waals surface area contributed by atoms with E-state index in [2.05, 4.69) is 30.4 Å². The van der Waals surface area contributed by atoms with Crippen LogP contribution in [0.15, 0.2) is 24.3 Å². The molecule has 1 atom stereocenters. The molecule has 2 aromatic rings. The van der Waals surface area contributed by atoms with Crippen LogP contribution in [-0.2, 0) is 11.8 Å². The molecular weight excluding hydrogens is 350 g/mol. The Hall–Kier alpha value is -2.30. The van der Waals surface area contributed by atoms with Crippen LogP contribution in [0.2, 0.25) is 0 Å². The minimum atomic E-state index is -0.502. The molecule has 0 bridgehead atoms. The smallest absolute Gasteiger partial charge is 0.270 e. The van der Waals surface area contributed by atoms with Crippen molar-refractivity contribution in [2.45, 2.75) is 58.4 Å². The summed E-state index contributed by atoms with van der Waals surface area (Å²) in [5.74, 6) is 0.139. The highest BCUT2D eigenvalue weighted by molar-refractivity contribution is 5.99. The molecule has 28 heavy (non-hydrogen) atoms. The van der Waals surface area contributed by atoms with Crippen molar-refractivity contribution >= 4 is 22.7 Å². The minimum Gasteiger partial charge on any atom is -0.353 e. The van der Waals surface area contributed by atoms with Gasteiger partial charge in [0.15, 0.2) is 0 Å². The fourth-order valence-electron chi connectivity index (χ4n) is 4.86. The summed E-state index contributed by atoms with van der Waals surface area (Å²) in [6, 6.07) is 8.55. The number of hydrogen-bond acceptors (Lipinski definition) is 2. The number of amides is 2. The summed E-state index contributed by atoms with van der Waals surface area (Å²) in [5, 5.41) is 4.33. The lowest BCUT2D eigenvalue weighted by Crippen LogP contribution is -2.53. The molecule has 0 radical (unpaired) electrons. The highest BCUT2D eigenvalue weighted by Crippen LogP contribution is 2.32. The van der Waals surface area contributed by atoms with Crippen molar-refractivity contribution in [2.75, 3.05) is 13.1 Å². The second-order valence-corrected chi connectivity index (χ2v) is 9.00. The number of carbonyl (C=O) groups is 2. The van der Waals surface area contributed by atoms with Gasteiger partial charge in [-0.3, -0.25) is 9.59 Å². The maximum atomic E-state index is 13.3. The van der Waals surface area contributed by atoms with E-state index in [1.807, 2.05) is 29.5 Å². The number of aryl methyl sites for hydroxylation is 2. The lowest BCUT2D eigenvalue weighted by Gasteiger charge is -2.39. The second kappa shape index (κ2) is 7.26. The normalized spacial score (nSPS) is 23.3. The molecule has 1 unspecified atom stereocenters. The Morgan fingerprint density at radius 3 is 2.64 bits per heavy atom. The van der Waals surface area contributed by atoms with Crippen molar-refractivity contribution in [3.63, 3.8) is 0 Å². The number of hydrogen-bond donors (Lipinski definition) is 1. The van der Waals surface area contributed by atoms with Crippen molar-refractivity contribution in [2.24, 2.45) is 12.5 Å². The van der Waals surface area contributed by atoms with Crippen LogP contribution in [0.3, 0.4) is 0 Å². The second-order valence-electron chi connectivity index (χ2n) is 9.00. The number of benzene rings is 1. The summed E-state index contributed by atoms with van der Waals surface area (Å²) in [6.45, 7) is 5.28. The van der Waals surface area contributed by atoms with Gasteiger partial charge < -0.3 is 14.8 Å². The number of rotatable bonds is 3. The van der Waals surface area contributed by atoms with E-state index >= 15 is 0 Å². The molecule has 2 amide bonds. The SMILES string of the molecule is Cc1ccc2c(c1)cc(C(=O)N1CCCC(C)(C(=O)NC3CCCC3)C1)n2C. The van der Waals surface area contributed by atoms with Gasteiger partial charge >= 0.3 is 0 Å². The van der Waals surface area contributed by atoms with Crippen molar-refractivity contribution in [3.05, 3.63) is 35.5 Å². The average Bonchev–Trinajstić information content (AvgIpc) is 3.29. The molecule has 2 fully saturated rings. The lowest BCUT2D eigenvalue weighted by molar-refractivity contribution is -0.133. The summed E-state index contributed by atoms with van der Waals surface area (Å²) in [7, 11) is 1.95. The number of piperidine rings is 1. The van der Waals surface area contributed by atoms with Gasteiger partial charge in [-0.2, -0.15) is 0 Å². The van der Waals surface area contributed by atoms with E-state index in [0.29, 0.717) is 24.8 Å². The Balaban J connectivity index is 1.53. The molecular formula is C23H31N3O2. The maximum Gasteiger partial charge on any atom is 0.270 e. The molecule has 1 aliphatic carbocycles. The Kier molecular flexibility index (Phi) is 4.94. The third kappa shape index (κ3) is 3.43. The van der Waals surface area contributed by atoms with E-state index in [0.717, 1.165) is 36.6 Å². The average molecular weight is 382 g/mol. The Morgan fingerprint density at radius 2 is 1.89 bits per heavy atom. The Morgan fingerprint density at radius 1 is 1.14 bits per heavy atom. The number of nitrogens with zero attached hydrogens (tertiary/aromatic N) is 2. The third-order valence-corrected chi connectivity index (χ3v) is 6.64. The predicted octanol–water partition coefficient (Wildman–Crippen LogP) is 3.79. The summed E-state index contributed by atoms with van der Waals surface area (Å²) in [6.07, 6.45) is 6.27.